The van der Waals surface area contributed by atoms with Crippen LogP contribution in [0.3, 0.4) is 0 Å². The van der Waals surface area contributed by atoms with E-state index in [-0.39, 0.29) is 5.78 Å². The lowest BCUT2D eigenvalue weighted by Crippen LogP contribution is -2.17. The Hall–Kier alpha value is 0.390. The quantitative estimate of drug-likeness (QED) is 0.490. The standard InChI is InChI=1S/C4H12NP/c1-3(2)4(5)6/h3-4H,5-6H2,1-2H3. The van der Waals surface area contributed by atoms with E-state index < -0.39 is 0 Å². The van der Waals surface area contributed by atoms with Crippen molar-refractivity contribution >= 4 is 9.24 Å². The molecule has 0 aliphatic carbocycles. The predicted molar refractivity (Wildman–Crippen MR) is 32.5 cm³/mol. The van der Waals surface area contributed by atoms with Gasteiger partial charge in [0.2, 0.25) is 0 Å². The summed E-state index contributed by atoms with van der Waals surface area (Å²) in [4.78, 5) is 0. The Morgan fingerprint density at radius 3 is 1.67 bits per heavy atom. The molecule has 2 heteroatoms. The molecule has 0 saturated carbocycles. The average Bonchev–Trinajstić information content (AvgIpc) is 1.36. The van der Waals surface area contributed by atoms with Crippen molar-refractivity contribution in [2.75, 3.05) is 0 Å². The SMILES string of the molecule is CC(C)C(N)P. The maximum Gasteiger partial charge on any atom is 0.0207 e. The van der Waals surface area contributed by atoms with Gasteiger partial charge in [-0.1, -0.05) is 13.8 Å². The van der Waals surface area contributed by atoms with E-state index in [2.05, 4.69) is 23.1 Å². The highest BCUT2D eigenvalue weighted by Crippen LogP contribution is 2.03. The van der Waals surface area contributed by atoms with Gasteiger partial charge in [0.1, 0.15) is 0 Å². The summed E-state index contributed by atoms with van der Waals surface area (Å²) in [5.41, 5.74) is 5.40. The lowest BCUT2D eigenvalue weighted by Gasteiger charge is -2.05. The normalized spacial score (nSPS) is 15.5. The van der Waals surface area contributed by atoms with Gasteiger partial charge in [0.15, 0.2) is 0 Å². The molecule has 0 rings (SSSR count). The topological polar surface area (TPSA) is 26.0 Å². The van der Waals surface area contributed by atoms with Crippen molar-refractivity contribution in [3.8, 4) is 0 Å². The van der Waals surface area contributed by atoms with Crippen LogP contribution in [0, 0.1) is 5.92 Å². The Morgan fingerprint density at radius 1 is 1.50 bits per heavy atom. The van der Waals surface area contributed by atoms with Crippen molar-refractivity contribution < 1.29 is 0 Å². The fourth-order valence-electron chi connectivity index (χ4n) is 0. The second-order valence-electron chi connectivity index (χ2n) is 1.82. The Kier molecular flexibility index (Phi) is 2.71. The smallest absolute Gasteiger partial charge is 0.0207 e. The van der Waals surface area contributed by atoms with Gasteiger partial charge in [-0.25, -0.2) is 0 Å². The zero-order valence-electron chi connectivity index (χ0n) is 4.31. The van der Waals surface area contributed by atoms with E-state index in [1.54, 1.807) is 0 Å². The van der Waals surface area contributed by atoms with Crippen LogP contribution in [0.4, 0.5) is 0 Å². The summed E-state index contributed by atoms with van der Waals surface area (Å²) in [6, 6.07) is 0. The summed E-state index contributed by atoms with van der Waals surface area (Å²) < 4.78 is 0. The summed E-state index contributed by atoms with van der Waals surface area (Å²) in [6.45, 7) is 4.19. The Balaban J connectivity index is 2.99. The molecular formula is C4H12NP. The molecule has 2 atom stereocenters. The summed E-state index contributed by atoms with van der Waals surface area (Å²) >= 11 is 0. The number of hydrogen-bond acceptors (Lipinski definition) is 1. The second kappa shape index (κ2) is 2.54. The third-order valence-electron chi connectivity index (χ3n) is 0.770. The zero-order chi connectivity index (χ0) is 5.15. The van der Waals surface area contributed by atoms with Crippen LogP contribution in [0.1, 0.15) is 13.8 Å². The van der Waals surface area contributed by atoms with Gasteiger partial charge in [0.05, 0.1) is 0 Å². The van der Waals surface area contributed by atoms with Crippen molar-refractivity contribution in [2.45, 2.75) is 19.6 Å². The molecule has 0 spiro atoms. The van der Waals surface area contributed by atoms with Crippen LogP contribution in [-0.2, 0) is 0 Å². The van der Waals surface area contributed by atoms with Gasteiger partial charge >= 0.3 is 0 Å². The van der Waals surface area contributed by atoms with Gasteiger partial charge < -0.3 is 5.73 Å². The highest BCUT2D eigenvalue weighted by atomic mass is 31.0. The Labute approximate surface area is 41.5 Å². The molecule has 0 radical (unpaired) electrons. The molecule has 6 heavy (non-hydrogen) atoms. The molecule has 0 aromatic rings. The summed E-state index contributed by atoms with van der Waals surface area (Å²) in [6.07, 6.45) is 0. The summed E-state index contributed by atoms with van der Waals surface area (Å²) in [5, 5.41) is 0. The average molecular weight is 105 g/mol. The first-order valence-corrected chi connectivity index (χ1v) is 2.82. The third kappa shape index (κ3) is 2.62. The van der Waals surface area contributed by atoms with Gasteiger partial charge in [0, 0.05) is 5.78 Å². The molecule has 0 aromatic carbocycles. The highest BCUT2D eigenvalue weighted by molar-refractivity contribution is 7.17. The summed E-state index contributed by atoms with van der Waals surface area (Å²) in [5.74, 6) is 0.861. The second-order valence-corrected chi connectivity index (χ2v) is 2.59. The van der Waals surface area contributed by atoms with Gasteiger partial charge in [0.25, 0.3) is 0 Å². The van der Waals surface area contributed by atoms with E-state index in [9.17, 15) is 0 Å². The van der Waals surface area contributed by atoms with E-state index in [1.165, 1.54) is 0 Å². The molecule has 0 amide bonds. The van der Waals surface area contributed by atoms with Crippen molar-refractivity contribution in [2.24, 2.45) is 11.7 Å². The van der Waals surface area contributed by atoms with Crippen LogP contribution in [0.15, 0.2) is 0 Å². The predicted octanol–water partition coefficient (Wildman–Crippen LogP) is 0.802. The first kappa shape index (κ1) is 6.39. The van der Waals surface area contributed by atoms with Crippen LogP contribution in [0.2, 0.25) is 0 Å². The third-order valence-corrected chi connectivity index (χ3v) is 1.54. The fourth-order valence-corrected chi connectivity index (χ4v) is 0. The highest BCUT2D eigenvalue weighted by Gasteiger charge is 1.96. The Bertz CT molecular complexity index is 28.5. The maximum absolute atomic E-state index is 5.40. The molecule has 0 heterocycles. The van der Waals surface area contributed by atoms with Crippen LogP contribution in [-0.4, -0.2) is 5.78 Å². The van der Waals surface area contributed by atoms with Crippen LogP contribution in [0.5, 0.6) is 0 Å². The van der Waals surface area contributed by atoms with Crippen LogP contribution < -0.4 is 5.73 Å². The van der Waals surface area contributed by atoms with Crippen molar-refractivity contribution in [3.63, 3.8) is 0 Å². The number of nitrogens with two attached hydrogens (primary N) is 1. The lowest BCUT2D eigenvalue weighted by molar-refractivity contribution is 0.624. The molecular weight excluding hydrogens is 93.0 g/mol. The van der Waals surface area contributed by atoms with E-state index in [1.807, 2.05) is 0 Å². The van der Waals surface area contributed by atoms with Gasteiger partial charge in [-0.2, -0.15) is 0 Å². The van der Waals surface area contributed by atoms with E-state index in [0.717, 1.165) is 0 Å². The molecule has 0 aliphatic heterocycles. The zero-order valence-corrected chi connectivity index (χ0v) is 5.46. The van der Waals surface area contributed by atoms with Gasteiger partial charge in [-0.3, -0.25) is 0 Å². The van der Waals surface area contributed by atoms with Crippen molar-refractivity contribution in [1.82, 2.24) is 0 Å². The Morgan fingerprint density at radius 2 is 1.67 bits per heavy atom. The minimum absolute atomic E-state index is 0.269. The minimum atomic E-state index is 0.269. The van der Waals surface area contributed by atoms with E-state index in [4.69, 9.17) is 5.73 Å². The van der Waals surface area contributed by atoms with Gasteiger partial charge in [-0.05, 0) is 5.92 Å². The molecule has 0 aromatic heterocycles. The molecule has 2 N–H and O–H groups in total. The lowest BCUT2D eigenvalue weighted by atomic mass is 10.2. The molecule has 2 unspecified atom stereocenters. The van der Waals surface area contributed by atoms with Gasteiger partial charge in [-0.15, -0.1) is 9.24 Å². The molecule has 1 nitrogen and oxygen atoms in total. The monoisotopic (exact) mass is 105 g/mol. The minimum Gasteiger partial charge on any atom is -0.324 e. The first-order valence-electron chi connectivity index (χ1n) is 2.15. The van der Waals surface area contributed by atoms with Crippen LogP contribution >= 0.6 is 9.24 Å². The van der Waals surface area contributed by atoms with Crippen molar-refractivity contribution in [1.29, 1.82) is 0 Å². The first-order chi connectivity index (χ1) is 2.64. The molecule has 38 valence electrons. The van der Waals surface area contributed by atoms with E-state index in [0.29, 0.717) is 5.92 Å². The maximum atomic E-state index is 5.40. The number of rotatable bonds is 1. The van der Waals surface area contributed by atoms with Crippen molar-refractivity contribution in [3.05, 3.63) is 0 Å². The fraction of sp³-hybridized carbons (Fsp3) is 1.00. The number of hydrogen-bond donors (Lipinski definition) is 1. The summed E-state index contributed by atoms with van der Waals surface area (Å²) in [7, 11) is 2.55. The molecule has 0 fully saturated rings. The van der Waals surface area contributed by atoms with Crippen LogP contribution in [0.25, 0.3) is 0 Å². The molecule has 0 bridgehead atoms. The van der Waals surface area contributed by atoms with E-state index >= 15 is 0 Å². The molecule has 0 saturated heterocycles. The molecule has 0 aliphatic rings. The largest absolute Gasteiger partial charge is 0.324 e.